The molecule has 0 aromatic heterocycles. The van der Waals surface area contributed by atoms with Gasteiger partial charge in [0.2, 0.25) is 0 Å². The van der Waals surface area contributed by atoms with Crippen LogP contribution in [0.15, 0.2) is 24.3 Å². The Morgan fingerprint density at radius 1 is 1.05 bits per heavy atom. The van der Waals surface area contributed by atoms with Gasteiger partial charge in [0.05, 0.1) is 11.2 Å². The monoisotopic (exact) mass is 299 g/mol. The second kappa shape index (κ2) is 4.37. The summed E-state index contributed by atoms with van der Waals surface area (Å²) in [6.45, 7) is 10.9. The van der Waals surface area contributed by atoms with Gasteiger partial charge in [-0.2, -0.15) is 0 Å². The zero-order valence-corrected chi connectivity index (χ0v) is 14.3. The zero-order valence-electron chi connectivity index (χ0n) is 14.3. The van der Waals surface area contributed by atoms with Crippen LogP contribution in [-0.4, -0.2) is 43.4 Å². The third kappa shape index (κ3) is 2.00. The molecule has 0 amide bonds. The van der Waals surface area contributed by atoms with Crippen molar-refractivity contribution in [2.45, 2.75) is 50.7 Å². The maximum absolute atomic E-state index is 6.14. The van der Waals surface area contributed by atoms with E-state index in [1.54, 1.807) is 0 Å². The van der Waals surface area contributed by atoms with Gasteiger partial charge in [-0.3, -0.25) is 0 Å². The SMILES string of the molecule is CN1C[C@@H]2C[C@]2(c2ccc(B3OC(C)(C)C(C)(C)O3)cc2)C1. The van der Waals surface area contributed by atoms with Gasteiger partial charge in [0.15, 0.2) is 0 Å². The van der Waals surface area contributed by atoms with Gasteiger partial charge in [-0.25, -0.2) is 0 Å². The fourth-order valence-electron chi connectivity index (χ4n) is 4.13. The molecule has 1 aliphatic carbocycles. The van der Waals surface area contributed by atoms with Gasteiger partial charge in [0.1, 0.15) is 0 Å². The quantitative estimate of drug-likeness (QED) is 0.781. The summed E-state index contributed by atoms with van der Waals surface area (Å²) in [5, 5.41) is 0. The van der Waals surface area contributed by atoms with Crippen molar-refractivity contribution in [3.8, 4) is 0 Å². The molecule has 22 heavy (non-hydrogen) atoms. The van der Waals surface area contributed by atoms with Crippen molar-refractivity contribution < 1.29 is 9.31 Å². The van der Waals surface area contributed by atoms with E-state index < -0.39 is 0 Å². The van der Waals surface area contributed by atoms with E-state index >= 15 is 0 Å². The van der Waals surface area contributed by atoms with Crippen LogP contribution >= 0.6 is 0 Å². The van der Waals surface area contributed by atoms with E-state index in [0.717, 1.165) is 11.4 Å². The van der Waals surface area contributed by atoms with Gasteiger partial charge in [0.25, 0.3) is 0 Å². The predicted molar refractivity (Wildman–Crippen MR) is 89.4 cm³/mol. The molecule has 1 saturated carbocycles. The molecule has 2 saturated heterocycles. The van der Waals surface area contributed by atoms with E-state index in [9.17, 15) is 0 Å². The fraction of sp³-hybridized carbons (Fsp3) is 0.667. The lowest BCUT2D eigenvalue weighted by molar-refractivity contribution is 0.00578. The van der Waals surface area contributed by atoms with Crippen LogP contribution in [0.2, 0.25) is 0 Å². The minimum Gasteiger partial charge on any atom is -0.399 e. The van der Waals surface area contributed by atoms with Crippen LogP contribution in [0.1, 0.15) is 39.7 Å². The van der Waals surface area contributed by atoms with Crippen LogP contribution in [-0.2, 0) is 14.7 Å². The van der Waals surface area contributed by atoms with Crippen molar-refractivity contribution >= 4 is 12.6 Å². The van der Waals surface area contributed by atoms with Crippen LogP contribution < -0.4 is 5.46 Å². The van der Waals surface area contributed by atoms with Crippen molar-refractivity contribution in [3.05, 3.63) is 29.8 Å². The molecule has 1 aromatic carbocycles. The molecule has 1 aromatic rings. The smallest absolute Gasteiger partial charge is 0.399 e. The van der Waals surface area contributed by atoms with Gasteiger partial charge in [0, 0.05) is 18.5 Å². The number of hydrogen-bond donors (Lipinski definition) is 0. The van der Waals surface area contributed by atoms with Gasteiger partial charge in [-0.1, -0.05) is 24.3 Å². The van der Waals surface area contributed by atoms with Crippen LogP contribution in [0.5, 0.6) is 0 Å². The number of fused-ring (bicyclic) bond motifs is 1. The average molecular weight is 299 g/mol. The first-order valence-electron chi connectivity index (χ1n) is 8.38. The molecule has 3 nitrogen and oxygen atoms in total. The average Bonchev–Trinajstić information content (AvgIpc) is 2.92. The highest BCUT2D eigenvalue weighted by Gasteiger charge is 2.60. The molecule has 0 radical (unpaired) electrons. The lowest BCUT2D eigenvalue weighted by Crippen LogP contribution is -2.41. The minimum atomic E-state index is -0.273. The molecule has 118 valence electrons. The summed E-state index contributed by atoms with van der Waals surface area (Å²) in [7, 11) is 1.98. The molecule has 2 heterocycles. The Hall–Kier alpha value is -0.835. The first kappa shape index (κ1) is 14.7. The summed E-state index contributed by atoms with van der Waals surface area (Å²) in [6.07, 6.45) is 1.35. The van der Waals surface area contributed by atoms with E-state index in [-0.39, 0.29) is 18.3 Å². The molecule has 0 bridgehead atoms. The summed E-state index contributed by atoms with van der Waals surface area (Å²) >= 11 is 0. The Labute approximate surface area is 134 Å². The van der Waals surface area contributed by atoms with Crippen LogP contribution in [0, 0.1) is 5.92 Å². The Morgan fingerprint density at radius 3 is 2.14 bits per heavy atom. The number of likely N-dealkylation sites (tertiary alicyclic amines) is 1. The second-order valence-corrected chi connectivity index (χ2v) is 8.46. The first-order valence-corrected chi connectivity index (χ1v) is 8.38. The Kier molecular flexibility index (Phi) is 2.93. The van der Waals surface area contributed by atoms with Crippen molar-refractivity contribution in [1.29, 1.82) is 0 Å². The number of likely N-dealkylation sites (N-methyl/N-ethyl adjacent to an activating group) is 1. The molecule has 3 fully saturated rings. The van der Waals surface area contributed by atoms with E-state index in [4.69, 9.17) is 9.31 Å². The fourth-order valence-corrected chi connectivity index (χ4v) is 4.13. The number of nitrogens with zero attached hydrogens (tertiary/aromatic N) is 1. The molecule has 0 N–H and O–H groups in total. The van der Waals surface area contributed by atoms with Crippen molar-refractivity contribution in [1.82, 2.24) is 4.90 Å². The van der Waals surface area contributed by atoms with Crippen molar-refractivity contribution in [2.75, 3.05) is 20.1 Å². The molecule has 2 atom stereocenters. The van der Waals surface area contributed by atoms with Gasteiger partial charge >= 0.3 is 7.12 Å². The van der Waals surface area contributed by atoms with Gasteiger partial charge < -0.3 is 14.2 Å². The van der Waals surface area contributed by atoms with Crippen LogP contribution in [0.3, 0.4) is 0 Å². The van der Waals surface area contributed by atoms with Crippen molar-refractivity contribution in [3.63, 3.8) is 0 Å². The Bertz CT molecular complexity index is 582. The highest BCUT2D eigenvalue weighted by molar-refractivity contribution is 6.62. The minimum absolute atomic E-state index is 0.252. The lowest BCUT2D eigenvalue weighted by Gasteiger charge is -2.32. The summed E-state index contributed by atoms with van der Waals surface area (Å²) in [5.41, 5.74) is 2.50. The molecule has 4 heteroatoms. The Morgan fingerprint density at radius 2 is 1.64 bits per heavy atom. The summed E-state index contributed by atoms with van der Waals surface area (Å²) in [6, 6.07) is 8.97. The third-order valence-corrected chi connectivity index (χ3v) is 6.33. The molecule has 0 spiro atoms. The second-order valence-electron chi connectivity index (χ2n) is 8.46. The topological polar surface area (TPSA) is 21.7 Å². The standard InChI is InChI=1S/C18H26BNO2/c1-16(2)17(3,4)22-19(21-16)15-8-6-13(7-9-15)18-10-14(18)11-20(5)12-18/h6-9,14H,10-12H2,1-5H3/t14-,18+/m0/s1. The van der Waals surface area contributed by atoms with E-state index in [0.29, 0.717) is 5.41 Å². The molecular weight excluding hydrogens is 273 g/mol. The largest absolute Gasteiger partial charge is 0.494 e. The summed E-state index contributed by atoms with van der Waals surface area (Å²) in [5.74, 6) is 0.861. The van der Waals surface area contributed by atoms with Crippen LogP contribution in [0.25, 0.3) is 0 Å². The highest BCUT2D eigenvalue weighted by atomic mass is 16.7. The molecule has 2 aliphatic heterocycles. The van der Waals surface area contributed by atoms with Gasteiger partial charge in [-0.15, -0.1) is 0 Å². The maximum Gasteiger partial charge on any atom is 0.494 e. The van der Waals surface area contributed by atoms with E-state index in [1.807, 2.05) is 0 Å². The summed E-state index contributed by atoms with van der Waals surface area (Å²) < 4.78 is 12.3. The van der Waals surface area contributed by atoms with E-state index in [2.05, 4.69) is 63.9 Å². The Balaban J connectivity index is 1.54. The molecule has 3 aliphatic rings. The maximum atomic E-state index is 6.14. The third-order valence-electron chi connectivity index (χ3n) is 6.33. The highest BCUT2D eigenvalue weighted by Crippen LogP contribution is 2.58. The molecular formula is C18H26BNO2. The number of hydrogen-bond acceptors (Lipinski definition) is 3. The first-order chi connectivity index (χ1) is 10.2. The van der Waals surface area contributed by atoms with Crippen LogP contribution in [0.4, 0.5) is 0 Å². The normalized spacial score (nSPS) is 35.7. The van der Waals surface area contributed by atoms with E-state index in [1.165, 1.54) is 25.1 Å². The zero-order chi connectivity index (χ0) is 15.8. The van der Waals surface area contributed by atoms with Crippen molar-refractivity contribution in [2.24, 2.45) is 5.92 Å². The molecule has 4 rings (SSSR count). The number of benzene rings is 1. The van der Waals surface area contributed by atoms with Gasteiger partial charge in [-0.05, 0) is 58.1 Å². The lowest BCUT2D eigenvalue weighted by atomic mass is 9.78. The predicted octanol–water partition coefficient (Wildman–Crippen LogP) is 2.19. The molecule has 0 unspecified atom stereocenters. The number of piperidine rings is 1. The summed E-state index contributed by atoms with van der Waals surface area (Å²) in [4.78, 5) is 2.45. The number of rotatable bonds is 2.